The minimum absolute atomic E-state index is 0.232. The van der Waals surface area contributed by atoms with Gasteiger partial charge in [-0.05, 0) is 37.1 Å². The molecule has 0 aliphatic carbocycles. The van der Waals surface area contributed by atoms with Crippen LogP contribution in [0.4, 0.5) is 5.95 Å². The molecule has 29 heavy (non-hydrogen) atoms. The summed E-state index contributed by atoms with van der Waals surface area (Å²) in [5.74, 6) is 0.0622. The number of hydrogen-bond acceptors (Lipinski definition) is 3. The van der Waals surface area contributed by atoms with Crippen molar-refractivity contribution in [3.8, 4) is 11.3 Å². The molecule has 0 radical (unpaired) electrons. The standard InChI is InChI=1S/C23H22N4O2/c1-14-9-10-16(11-15(14)2)20-13-24-23(27(20)4)25-22(29)18-12-21(28)26(3)19-8-6-5-7-17(18)19/h5-13H,1-4H3,(H,24,25,29). The van der Waals surface area contributed by atoms with Crippen molar-refractivity contribution >= 4 is 22.8 Å². The quantitative estimate of drug-likeness (QED) is 0.582. The van der Waals surface area contributed by atoms with E-state index >= 15 is 0 Å². The zero-order chi connectivity index (χ0) is 20.7. The average Bonchev–Trinajstić information content (AvgIpc) is 3.07. The van der Waals surface area contributed by atoms with E-state index in [-0.39, 0.29) is 11.5 Å². The van der Waals surface area contributed by atoms with E-state index in [9.17, 15) is 9.59 Å². The fourth-order valence-corrected chi connectivity index (χ4v) is 3.46. The molecule has 0 saturated heterocycles. The van der Waals surface area contributed by atoms with Gasteiger partial charge in [-0.25, -0.2) is 4.98 Å². The van der Waals surface area contributed by atoms with E-state index in [1.54, 1.807) is 13.2 Å². The molecule has 0 aliphatic heterocycles. The molecular weight excluding hydrogens is 364 g/mol. The number of fused-ring (bicyclic) bond motifs is 1. The van der Waals surface area contributed by atoms with Crippen molar-refractivity contribution in [2.75, 3.05) is 5.32 Å². The number of nitrogens with zero attached hydrogens (tertiary/aromatic N) is 3. The Balaban J connectivity index is 1.71. The van der Waals surface area contributed by atoms with Crippen molar-refractivity contribution in [1.82, 2.24) is 14.1 Å². The van der Waals surface area contributed by atoms with Crippen molar-refractivity contribution in [3.63, 3.8) is 0 Å². The maximum atomic E-state index is 13.0. The molecule has 6 heteroatoms. The molecule has 2 aromatic carbocycles. The molecule has 2 heterocycles. The summed E-state index contributed by atoms with van der Waals surface area (Å²) >= 11 is 0. The third-order valence-corrected chi connectivity index (χ3v) is 5.41. The van der Waals surface area contributed by atoms with Crippen LogP contribution in [0.3, 0.4) is 0 Å². The molecule has 1 amide bonds. The fraction of sp³-hybridized carbons (Fsp3) is 0.174. The Morgan fingerprint density at radius 2 is 1.72 bits per heavy atom. The van der Waals surface area contributed by atoms with Gasteiger partial charge in [0, 0.05) is 31.1 Å². The Labute approximate surface area is 168 Å². The first kappa shape index (κ1) is 18.7. The first-order chi connectivity index (χ1) is 13.9. The number of rotatable bonds is 3. The Morgan fingerprint density at radius 1 is 0.966 bits per heavy atom. The third-order valence-electron chi connectivity index (χ3n) is 5.41. The SMILES string of the molecule is Cc1ccc(-c2cnc(NC(=O)c3cc(=O)n(C)c4ccccc34)n2C)cc1C. The largest absolute Gasteiger partial charge is 0.313 e. The van der Waals surface area contributed by atoms with E-state index in [1.807, 2.05) is 41.9 Å². The number of imidazole rings is 1. The summed E-state index contributed by atoms with van der Waals surface area (Å²) < 4.78 is 3.37. The first-order valence-corrected chi connectivity index (χ1v) is 9.36. The molecule has 0 bridgehead atoms. The third kappa shape index (κ3) is 3.23. The van der Waals surface area contributed by atoms with Crippen LogP contribution >= 0.6 is 0 Å². The number of carbonyl (C=O) groups is 1. The number of pyridine rings is 1. The van der Waals surface area contributed by atoms with Crippen LogP contribution in [0.15, 0.2) is 59.5 Å². The lowest BCUT2D eigenvalue weighted by Gasteiger charge is -2.11. The van der Waals surface area contributed by atoms with Crippen molar-refractivity contribution in [2.45, 2.75) is 13.8 Å². The summed E-state index contributed by atoms with van der Waals surface area (Å²) in [5, 5.41) is 3.56. The van der Waals surface area contributed by atoms with E-state index in [1.165, 1.54) is 21.8 Å². The van der Waals surface area contributed by atoms with Crippen molar-refractivity contribution in [1.29, 1.82) is 0 Å². The summed E-state index contributed by atoms with van der Waals surface area (Å²) in [6, 6.07) is 14.9. The minimum Gasteiger partial charge on any atom is -0.313 e. The van der Waals surface area contributed by atoms with Gasteiger partial charge in [0.05, 0.1) is 23.0 Å². The number of hydrogen-bond donors (Lipinski definition) is 1. The maximum Gasteiger partial charge on any atom is 0.258 e. The van der Waals surface area contributed by atoms with E-state index < -0.39 is 0 Å². The molecule has 6 nitrogen and oxygen atoms in total. The van der Waals surface area contributed by atoms with Gasteiger partial charge in [0.1, 0.15) is 0 Å². The van der Waals surface area contributed by atoms with Crippen LogP contribution in [0.5, 0.6) is 0 Å². The van der Waals surface area contributed by atoms with Gasteiger partial charge in [-0.3, -0.25) is 14.9 Å². The molecule has 4 rings (SSSR count). The average molecular weight is 386 g/mol. The van der Waals surface area contributed by atoms with Crippen LogP contribution in [0.2, 0.25) is 0 Å². The van der Waals surface area contributed by atoms with Gasteiger partial charge in [0.2, 0.25) is 5.95 Å². The molecule has 4 aromatic rings. The molecular formula is C23H22N4O2. The Kier molecular flexibility index (Phi) is 4.54. The van der Waals surface area contributed by atoms with Gasteiger partial charge < -0.3 is 9.13 Å². The molecule has 1 N–H and O–H groups in total. The lowest BCUT2D eigenvalue weighted by atomic mass is 10.0. The molecule has 0 unspecified atom stereocenters. The summed E-state index contributed by atoms with van der Waals surface area (Å²) in [5.41, 5.74) is 5.16. The lowest BCUT2D eigenvalue weighted by Crippen LogP contribution is -2.22. The number of carbonyl (C=O) groups excluding carboxylic acids is 1. The molecule has 0 spiro atoms. The van der Waals surface area contributed by atoms with Crippen LogP contribution in [-0.4, -0.2) is 20.0 Å². The highest BCUT2D eigenvalue weighted by Gasteiger charge is 2.17. The zero-order valence-corrected chi connectivity index (χ0v) is 16.9. The van der Waals surface area contributed by atoms with E-state index in [2.05, 4.69) is 36.3 Å². The van der Waals surface area contributed by atoms with Gasteiger partial charge in [0.15, 0.2) is 0 Å². The van der Waals surface area contributed by atoms with E-state index in [4.69, 9.17) is 0 Å². The topological polar surface area (TPSA) is 68.9 Å². The molecule has 0 atom stereocenters. The van der Waals surface area contributed by atoms with Crippen LogP contribution in [0.1, 0.15) is 21.5 Å². The Morgan fingerprint density at radius 3 is 2.48 bits per heavy atom. The van der Waals surface area contributed by atoms with Gasteiger partial charge >= 0.3 is 0 Å². The molecule has 146 valence electrons. The second-order valence-electron chi connectivity index (χ2n) is 7.25. The number of nitrogens with one attached hydrogen (secondary N) is 1. The van der Waals surface area contributed by atoms with Crippen LogP contribution in [0.25, 0.3) is 22.2 Å². The number of anilines is 1. The highest BCUT2D eigenvalue weighted by molar-refractivity contribution is 6.11. The second-order valence-corrected chi connectivity index (χ2v) is 7.25. The van der Waals surface area contributed by atoms with Crippen molar-refractivity contribution < 1.29 is 4.79 Å². The predicted octanol–water partition coefficient (Wildman–Crippen LogP) is 3.81. The predicted molar refractivity (Wildman–Crippen MR) is 115 cm³/mol. The number of benzene rings is 2. The van der Waals surface area contributed by atoms with E-state index in [0.29, 0.717) is 17.0 Å². The van der Waals surface area contributed by atoms with Crippen LogP contribution in [0, 0.1) is 13.8 Å². The molecule has 2 aromatic heterocycles. The van der Waals surface area contributed by atoms with Crippen LogP contribution < -0.4 is 10.9 Å². The molecule has 0 fully saturated rings. The van der Waals surface area contributed by atoms with Gasteiger partial charge in [-0.1, -0.05) is 30.3 Å². The fourth-order valence-electron chi connectivity index (χ4n) is 3.46. The number of amides is 1. The summed E-state index contributed by atoms with van der Waals surface area (Å²) in [4.78, 5) is 29.6. The second kappa shape index (κ2) is 7.05. The zero-order valence-electron chi connectivity index (χ0n) is 16.9. The normalized spacial score (nSPS) is 11.0. The monoisotopic (exact) mass is 386 g/mol. The summed E-state index contributed by atoms with van der Waals surface area (Å²) in [6.07, 6.45) is 1.74. The molecule has 0 aliphatic rings. The van der Waals surface area contributed by atoms with Gasteiger partial charge in [0.25, 0.3) is 11.5 Å². The minimum atomic E-state index is -0.362. The highest BCUT2D eigenvalue weighted by atomic mass is 16.2. The summed E-state index contributed by atoms with van der Waals surface area (Å²) in [6.45, 7) is 4.14. The van der Waals surface area contributed by atoms with Gasteiger partial charge in [-0.2, -0.15) is 0 Å². The highest BCUT2D eigenvalue weighted by Crippen LogP contribution is 2.25. The number of aryl methyl sites for hydroxylation is 3. The first-order valence-electron chi connectivity index (χ1n) is 9.36. The number of para-hydroxylation sites is 1. The maximum absolute atomic E-state index is 13.0. The smallest absolute Gasteiger partial charge is 0.258 e. The van der Waals surface area contributed by atoms with Crippen molar-refractivity contribution in [2.24, 2.45) is 14.1 Å². The Hall–Kier alpha value is -3.67. The van der Waals surface area contributed by atoms with E-state index in [0.717, 1.165) is 16.6 Å². The molecule has 0 saturated carbocycles. The van der Waals surface area contributed by atoms with Gasteiger partial charge in [-0.15, -0.1) is 0 Å². The van der Waals surface area contributed by atoms with Crippen molar-refractivity contribution in [3.05, 3.63) is 81.8 Å². The summed E-state index contributed by atoms with van der Waals surface area (Å²) in [7, 11) is 3.55. The Bertz CT molecular complexity index is 1310. The lowest BCUT2D eigenvalue weighted by molar-refractivity contribution is 0.102. The van der Waals surface area contributed by atoms with Crippen LogP contribution in [-0.2, 0) is 14.1 Å². The number of aromatic nitrogens is 3.